The summed E-state index contributed by atoms with van der Waals surface area (Å²) in [7, 11) is -3.51. The van der Waals surface area contributed by atoms with Crippen molar-refractivity contribution in [3.05, 3.63) is 0 Å². The second-order valence-corrected chi connectivity index (χ2v) is 5.51. The summed E-state index contributed by atoms with van der Waals surface area (Å²) in [5, 5.41) is 5.96. The quantitative estimate of drug-likeness (QED) is 0.705. The van der Waals surface area contributed by atoms with Crippen LogP contribution in [0.5, 0.6) is 0 Å². The van der Waals surface area contributed by atoms with Gasteiger partial charge in [0.1, 0.15) is 5.71 Å². The predicted molar refractivity (Wildman–Crippen MR) is 61.5 cm³/mol. The number of hydrogen-bond acceptors (Lipinski definition) is 5. The van der Waals surface area contributed by atoms with Gasteiger partial charge in [-0.25, -0.2) is 13.1 Å². The van der Waals surface area contributed by atoms with E-state index >= 15 is 0 Å². The predicted octanol–water partition coefficient (Wildman–Crippen LogP) is -0.0760. The molecular weight excluding hydrogens is 230 g/mol. The van der Waals surface area contributed by atoms with E-state index in [1.807, 2.05) is 4.72 Å². The summed E-state index contributed by atoms with van der Waals surface area (Å²) in [6.07, 6.45) is 3.49. The summed E-state index contributed by atoms with van der Waals surface area (Å²) in [6, 6.07) is 0. The molecule has 1 amide bonds. The summed E-state index contributed by atoms with van der Waals surface area (Å²) in [5.74, 6) is -0.628. The second-order valence-electron chi connectivity index (χ2n) is 3.76. The van der Waals surface area contributed by atoms with Crippen molar-refractivity contribution < 1.29 is 13.2 Å². The third-order valence-electron chi connectivity index (χ3n) is 2.22. The van der Waals surface area contributed by atoms with Crippen LogP contribution in [0.25, 0.3) is 0 Å². The molecule has 0 bridgehead atoms. The SMILES string of the molecule is CC/C(=N\N1CCCC1)C(=O)NS(C)(=O)=O. The molecule has 0 spiro atoms. The molecule has 0 aromatic rings. The smallest absolute Gasteiger partial charge is 0.280 e. The summed E-state index contributed by atoms with van der Waals surface area (Å²) in [4.78, 5) is 11.5. The standard InChI is InChI=1S/C9H17N3O3S/c1-3-8(9(13)11-16(2,14)15)10-12-6-4-5-7-12/h3-7H2,1-2H3,(H,11,13)/b10-8+. The molecule has 1 rings (SSSR count). The maximum Gasteiger partial charge on any atom is 0.280 e. The maximum absolute atomic E-state index is 11.5. The first kappa shape index (κ1) is 13.0. The Labute approximate surface area is 95.8 Å². The van der Waals surface area contributed by atoms with Crippen molar-refractivity contribution in [2.75, 3.05) is 19.3 Å². The molecule has 16 heavy (non-hydrogen) atoms. The van der Waals surface area contributed by atoms with Crippen LogP contribution < -0.4 is 4.72 Å². The van der Waals surface area contributed by atoms with Gasteiger partial charge in [-0.1, -0.05) is 6.92 Å². The number of hydrogen-bond donors (Lipinski definition) is 1. The minimum atomic E-state index is -3.51. The number of carbonyl (C=O) groups is 1. The number of hydrazone groups is 1. The molecular formula is C9H17N3O3S. The highest BCUT2D eigenvalue weighted by molar-refractivity contribution is 7.89. The molecule has 1 saturated heterocycles. The molecule has 7 heteroatoms. The number of carbonyl (C=O) groups excluding carboxylic acids is 1. The Morgan fingerprint density at radius 1 is 1.38 bits per heavy atom. The zero-order valence-corrected chi connectivity index (χ0v) is 10.4. The topological polar surface area (TPSA) is 78.8 Å². The molecule has 1 heterocycles. The Morgan fingerprint density at radius 3 is 2.38 bits per heavy atom. The zero-order chi connectivity index (χ0) is 12.2. The average molecular weight is 247 g/mol. The van der Waals surface area contributed by atoms with E-state index in [0.29, 0.717) is 6.42 Å². The Morgan fingerprint density at radius 2 is 1.94 bits per heavy atom. The first-order chi connectivity index (χ1) is 7.42. The van der Waals surface area contributed by atoms with E-state index in [4.69, 9.17) is 0 Å². The van der Waals surface area contributed by atoms with Crippen LogP contribution in [0, 0.1) is 0 Å². The number of rotatable bonds is 4. The van der Waals surface area contributed by atoms with Crippen molar-refractivity contribution in [2.45, 2.75) is 26.2 Å². The summed E-state index contributed by atoms with van der Waals surface area (Å²) in [6.45, 7) is 3.43. The van der Waals surface area contributed by atoms with Gasteiger partial charge in [-0.15, -0.1) is 0 Å². The van der Waals surface area contributed by atoms with Crippen molar-refractivity contribution in [1.29, 1.82) is 0 Å². The summed E-state index contributed by atoms with van der Waals surface area (Å²) in [5.41, 5.74) is 0.257. The average Bonchev–Trinajstić information content (AvgIpc) is 2.63. The van der Waals surface area contributed by atoms with E-state index in [0.717, 1.165) is 32.2 Å². The van der Waals surface area contributed by atoms with Crippen LogP contribution in [-0.2, 0) is 14.8 Å². The monoisotopic (exact) mass is 247 g/mol. The third-order valence-corrected chi connectivity index (χ3v) is 2.78. The van der Waals surface area contributed by atoms with Gasteiger partial charge >= 0.3 is 0 Å². The molecule has 1 aliphatic rings. The first-order valence-corrected chi connectivity index (χ1v) is 7.16. The van der Waals surface area contributed by atoms with Gasteiger partial charge in [0.05, 0.1) is 6.26 Å². The Balaban J connectivity index is 2.69. The Hall–Kier alpha value is -1.11. The van der Waals surface area contributed by atoms with Gasteiger partial charge in [-0.05, 0) is 19.3 Å². The number of nitrogens with one attached hydrogen (secondary N) is 1. The zero-order valence-electron chi connectivity index (χ0n) is 9.56. The van der Waals surface area contributed by atoms with Crippen molar-refractivity contribution in [1.82, 2.24) is 9.73 Å². The van der Waals surface area contributed by atoms with Crippen LogP contribution in [0.1, 0.15) is 26.2 Å². The van der Waals surface area contributed by atoms with Gasteiger partial charge in [-0.3, -0.25) is 9.80 Å². The number of nitrogens with zero attached hydrogens (tertiary/aromatic N) is 2. The molecule has 0 unspecified atom stereocenters. The molecule has 1 aliphatic heterocycles. The minimum absolute atomic E-state index is 0.257. The molecule has 0 atom stereocenters. The lowest BCUT2D eigenvalue weighted by atomic mass is 10.3. The highest BCUT2D eigenvalue weighted by Gasteiger charge is 2.17. The Kier molecular flexibility index (Phi) is 4.28. The van der Waals surface area contributed by atoms with Gasteiger partial charge in [0.25, 0.3) is 5.91 Å². The highest BCUT2D eigenvalue weighted by Crippen LogP contribution is 2.08. The van der Waals surface area contributed by atoms with Crippen LogP contribution in [0.2, 0.25) is 0 Å². The van der Waals surface area contributed by atoms with Crippen molar-refractivity contribution in [3.8, 4) is 0 Å². The lowest BCUT2D eigenvalue weighted by molar-refractivity contribution is -0.113. The lowest BCUT2D eigenvalue weighted by Crippen LogP contribution is -2.36. The fraction of sp³-hybridized carbons (Fsp3) is 0.778. The van der Waals surface area contributed by atoms with E-state index < -0.39 is 15.9 Å². The molecule has 1 N–H and O–H groups in total. The van der Waals surface area contributed by atoms with Crippen LogP contribution in [0.15, 0.2) is 5.10 Å². The highest BCUT2D eigenvalue weighted by atomic mass is 32.2. The number of amides is 1. The second kappa shape index (κ2) is 5.29. The van der Waals surface area contributed by atoms with Gasteiger partial charge in [0, 0.05) is 13.1 Å². The van der Waals surface area contributed by atoms with Crippen LogP contribution in [0.4, 0.5) is 0 Å². The maximum atomic E-state index is 11.5. The van der Waals surface area contributed by atoms with E-state index in [-0.39, 0.29) is 5.71 Å². The van der Waals surface area contributed by atoms with Crippen molar-refractivity contribution in [3.63, 3.8) is 0 Å². The Bertz CT molecular complexity index is 383. The molecule has 0 aliphatic carbocycles. The van der Waals surface area contributed by atoms with E-state index in [1.165, 1.54) is 0 Å². The minimum Gasteiger partial charge on any atom is -0.297 e. The van der Waals surface area contributed by atoms with E-state index in [2.05, 4.69) is 5.10 Å². The van der Waals surface area contributed by atoms with Crippen molar-refractivity contribution in [2.24, 2.45) is 5.10 Å². The van der Waals surface area contributed by atoms with Gasteiger partial charge < -0.3 is 0 Å². The first-order valence-electron chi connectivity index (χ1n) is 5.27. The normalized spacial score (nSPS) is 17.6. The van der Waals surface area contributed by atoms with Crippen molar-refractivity contribution >= 4 is 21.6 Å². The van der Waals surface area contributed by atoms with E-state index in [9.17, 15) is 13.2 Å². The third kappa shape index (κ3) is 4.18. The van der Waals surface area contributed by atoms with Gasteiger partial charge in [-0.2, -0.15) is 5.10 Å². The fourth-order valence-corrected chi connectivity index (χ4v) is 1.93. The lowest BCUT2D eigenvalue weighted by Gasteiger charge is -2.12. The van der Waals surface area contributed by atoms with Gasteiger partial charge in [0.15, 0.2) is 0 Å². The molecule has 1 fully saturated rings. The molecule has 92 valence electrons. The van der Waals surface area contributed by atoms with Crippen LogP contribution >= 0.6 is 0 Å². The molecule has 0 radical (unpaired) electrons. The van der Waals surface area contributed by atoms with Crippen LogP contribution in [-0.4, -0.2) is 44.4 Å². The van der Waals surface area contributed by atoms with Crippen LogP contribution in [0.3, 0.4) is 0 Å². The largest absolute Gasteiger partial charge is 0.297 e. The molecule has 0 aromatic carbocycles. The number of sulfonamides is 1. The van der Waals surface area contributed by atoms with Gasteiger partial charge in [0.2, 0.25) is 10.0 Å². The fourth-order valence-electron chi connectivity index (χ4n) is 1.48. The summed E-state index contributed by atoms with van der Waals surface area (Å²) < 4.78 is 23.7. The molecule has 0 saturated carbocycles. The molecule has 0 aromatic heterocycles. The summed E-state index contributed by atoms with van der Waals surface area (Å²) >= 11 is 0. The van der Waals surface area contributed by atoms with E-state index in [1.54, 1.807) is 11.9 Å². The molecule has 6 nitrogen and oxygen atoms in total.